The first-order valence-corrected chi connectivity index (χ1v) is 10.4. The van der Waals surface area contributed by atoms with Gasteiger partial charge in [-0.2, -0.15) is 0 Å². The molecule has 3 nitrogen and oxygen atoms in total. The van der Waals surface area contributed by atoms with Crippen LogP contribution in [0.5, 0.6) is 5.75 Å². The van der Waals surface area contributed by atoms with Gasteiger partial charge in [0.1, 0.15) is 12.4 Å². The Balaban J connectivity index is 0.00000392. The second-order valence-electron chi connectivity index (χ2n) is 6.71. The Kier molecular flexibility index (Phi) is 14.8. The maximum absolute atomic E-state index is 6.40. The molecule has 0 aliphatic rings. The highest BCUT2D eigenvalue weighted by Gasteiger charge is 2.11. The topological polar surface area (TPSA) is 24.5 Å². The van der Waals surface area contributed by atoms with Gasteiger partial charge in [-0.3, -0.25) is 0 Å². The molecule has 0 saturated heterocycles. The highest BCUT2D eigenvalue weighted by Crippen LogP contribution is 2.33. The second-order valence-corrected chi connectivity index (χ2v) is 7.55. The molecule has 0 radical (unpaired) electrons. The predicted molar refractivity (Wildman–Crippen MR) is 131 cm³/mol. The molecule has 0 aromatic heterocycles. The molecule has 2 rings (SSSR count). The fraction of sp³-hybridized carbons (Fsp3) is 0.455. The molecule has 0 aliphatic carbocycles. The van der Waals surface area contributed by atoms with Crippen LogP contribution in [0.15, 0.2) is 36.4 Å². The monoisotopic (exact) mass is 480 g/mol. The molecule has 2 aromatic carbocycles. The summed E-state index contributed by atoms with van der Waals surface area (Å²) in [5.74, 6) is 0.706. The van der Waals surface area contributed by atoms with E-state index in [0.29, 0.717) is 28.9 Å². The van der Waals surface area contributed by atoms with E-state index in [-0.39, 0.29) is 24.8 Å². The Morgan fingerprint density at radius 1 is 1.00 bits per heavy atom. The lowest BCUT2D eigenvalue weighted by atomic mass is 10.1. The molecule has 0 aliphatic heterocycles. The van der Waals surface area contributed by atoms with Crippen LogP contribution < -0.4 is 10.1 Å². The molecule has 0 heterocycles. The Morgan fingerprint density at radius 2 is 1.66 bits per heavy atom. The molecule has 0 fully saturated rings. The van der Waals surface area contributed by atoms with Gasteiger partial charge in [0.05, 0.1) is 5.02 Å². The molecular weight excluding hydrogens is 450 g/mol. The van der Waals surface area contributed by atoms with Gasteiger partial charge in [0.25, 0.3) is 0 Å². The normalized spacial score (nSPS) is 10.4. The van der Waals surface area contributed by atoms with E-state index in [9.17, 15) is 0 Å². The largest absolute Gasteiger partial charge is 0.487 e. The zero-order valence-corrected chi connectivity index (χ0v) is 20.5. The number of ether oxygens (including phenoxy) is 1. The van der Waals surface area contributed by atoms with Crippen LogP contribution >= 0.6 is 48.0 Å². The molecule has 0 saturated carbocycles. The van der Waals surface area contributed by atoms with Crippen LogP contribution in [0.4, 0.5) is 0 Å². The molecule has 0 atom stereocenters. The summed E-state index contributed by atoms with van der Waals surface area (Å²) < 4.78 is 6.04. The molecule has 2 aromatic rings. The number of hydrogen-bond acceptors (Lipinski definition) is 3. The van der Waals surface area contributed by atoms with Crippen molar-refractivity contribution < 1.29 is 4.74 Å². The van der Waals surface area contributed by atoms with Crippen LogP contribution in [0.25, 0.3) is 0 Å². The number of halogens is 4. The summed E-state index contributed by atoms with van der Waals surface area (Å²) in [6.45, 7) is 11.9. The number of nitrogens with zero attached hydrogens (tertiary/aromatic N) is 1. The van der Waals surface area contributed by atoms with Crippen molar-refractivity contribution in [1.29, 1.82) is 0 Å². The van der Waals surface area contributed by atoms with Gasteiger partial charge in [0.2, 0.25) is 0 Å². The average molecular weight is 482 g/mol. The van der Waals surface area contributed by atoms with Gasteiger partial charge in [-0.1, -0.05) is 66.9 Å². The van der Waals surface area contributed by atoms with Crippen molar-refractivity contribution in [2.75, 3.05) is 26.2 Å². The Hall–Kier alpha value is -0.680. The van der Waals surface area contributed by atoms with E-state index in [4.69, 9.17) is 27.9 Å². The van der Waals surface area contributed by atoms with Crippen molar-refractivity contribution >= 4 is 48.0 Å². The molecule has 0 bridgehead atoms. The van der Waals surface area contributed by atoms with Gasteiger partial charge >= 0.3 is 0 Å². The van der Waals surface area contributed by atoms with Crippen molar-refractivity contribution in [2.45, 2.75) is 40.3 Å². The van der Waals surface area contributed by atoms with Crippen LogP contribution in [0.2, 0.25) is 10.0 Å². The van der Waals surface area contributed by atoms with Crippen LogP contribution in [-0.4, -0.2) is 31.1 Å². The fourth-order valence-electron chi connectivity index (χ4n) is 2.94. The lowest BCUT2D eigenvalue weighted by Crippen LogP contribution is -2.27. The molecule has 7 heteroatoms. The summed E-state index contributed by atoms with van der Waals surface area (Å²) in [7, 11) is 0. The molecule has 0 amide bonds. The molecule has 29 heavy (non-hydrogen) atoms. The predicted octanol–water partition coefficient (Wildman–Crippen LogP) is 6.55. The highest BCUT2D eigenvalue weighted by molar-refractivity contribution is 6.35. The van der Waals surface area contributed by atoms with Gasteiger partial charge in [-0.05, 0) is 57.2 Å². The Morgan fingerprint density at radius 3 is 2.28 bits per heavy atom. The maximum Gasteiger partial charge on any atom is 0.142 e. The maximum atomic E-state index is 6.40. The SMILES string of the molecule is CCN(CC)CCCNCc1cc(Cl)cc(Cl)c1OCc1ccc(C)cc1.Cl.Cl. The van der Waals surface area contributed by atoms with E-state index in [2.05, 4.69) is 55.3 Å². The molecule has 0 unspecified atom stereocenters. The highest BCUT2D eigenvalue weighted by atomic mass is 35.5. The number of nitrogens with one attached hydrogen (secondary N) is 1. The van der Waals surface area contributed by atoms with E-state index < -0.39 is 0 Å². The number of aryl methyl sites for hydroxylation is 1. The smallest absolute Gasteiger partial charge is 0.142 e. The molecule has 0 spiro atoms. The first-order valence-electron chi connectivity index (χ1n) is 9.62. The van der Waals surface area contributed by atoms with Crippen LogP contribution in [0.1, 0.15) is 37.0 Å². The zero-order chi connectivity index (χ0) is 19.6. The molecular formula is C22H32Cl4N2O. The summed E-state index contributed by atoms with van der Waals surface area (Å²) in [6.07, 6.45) is 1.11. The van der Waals surface area contributed by atoms with Crippen molar-refractivity contribution in [3.8, 4) is 5.75 Å². The van der Waals surface area contributed by atoms with Crippen LogP contribution in [-0.2, 0) is 13.2 Å². The quantitative estimate of drug-likeness (QED) is 0.368. The molecule has 164 valence electrons. The number of hydrogen-bond donors (Lipinski definition) is 1. The second kappa shape index (κ2) is 15.2. The first kappa shape index (κ1) is 28.3. The van der Waals surface area contributed by atoms with Crippen LogP contribution in [0.3, 0.4) is 0 Å². The summed E-state index contributed by atoms with van der Waals surface area (Å²) in [5.41, 5.74) is 3.34. The van der Waals surface area contributed by atoms with Gasteiger partial charge in [-0.25, -0.2) is 0 Å². The number of benzene rings is 2. The minimum atomic E-state index is 0. The van der Waals surface area contributed by atoms with Crippen molar-refractivity contribution in [3.63, 3.8) is 0 Å². The van der Waals surface area contributed by atoms with E-state index in [1.54, 1.807) is 6.07 Å². The van der Waals surface area contributed by atoms with Crippen molar-refractivity contribution in [2.24, 2.45) is 0 Å². The van der Waals surface area contributed by atoms with E-state index in [1.165, 1.54) is 5.56 Å². The van der Waals surface area contributed by atoms with Gasteiger partial charge in [0, 0.05) is 17.1 Å². The van der Waals surface area contributed by atoms with E-state index in [0.717, 1.165) is 43.7 Å². The number of rotatable bonds is 11. The van der Waals surface area contributed by atoms with Crippen molar-refractivity contribution in [3.05, 3.63) is 63.1 Å². The van der Waals surface area contributed by atoms with Crippen LogP contribution in [0, 0.1) is 6.92 Å². The Bertz CT molecular complexity index is 707. The fourth-order valence-corrected chi connectivity index (χ4v) is 3.53. The van der Waals surface area contributed by atoms with Gasteiger partial charge in [0.15, 0.2) is 0 Å². The first-order chi connectivity index (χ1) is 13.0. The summed E-state index contributed by atoms with van der Waals surface area (Å²) in [5, 5.41) is 4.66. The van der Waals surface area contributed by atoms with Gasteiger partial charge in [-0.15, -0.1) is 24.8 Å². The minimum absolute atomic E-state index is 0. The summed E-state index contributed by atoms with van der Waals surface area (Å²) in [6, 6.07) is 12.0. The standard InChI is InChI=1S/C22H30Cl2N2O.2ClH/c1-4-26(5-2)12-6-11-25-15-19-13-20(23)14-21(24)22(19)27-16-18-9-7-17(3)8-10-18;;/h7-10,13-14,25H,4-6,11-12,15-16H2,1-3H3;2*1H. The lowest BCUT2D eigenvalue weighted by Gasteiger charge is -2.18. The zero-order valence-electron chi connectivity index (χ0n) is 17.3. The van der Waals surface area contributed by atoms with E-state index in [1.807, 2.05) is 6.07 Å². The molecule has 1 N–H and O–H groups in total. The van der Waals surface area contributed by atoms with Crippen molar-refractivity contribution in [1.82, 2.24) is 10.2 Å². The Labute approximate surface area is 197 Å². The van der Waals surface area contributed by atoms with E-state index >= 15 is 0 Å². The third-order valence-electron chi connectivity index (χ3n) is 4.63. The van der Waals surface area contributed by atoms with Gasteiger partial charge < -0.3 is 15.0 Å². The third-order valence-corrected chi connectivity index (χ3v) is 5.13. The summed E-state index contributed by atoms with van der Waals surface area (Å²) >= 11 is 12.6. The summed E-state index contributed by atoms with van der Waals surface area (Å²) in [4.78, 5) is 2.42. The minimum Gasteiger partial charge on any atom is -0.487 e. The average Bonchev–Trinajstić information content (AvgIpc) is 2.65. The lowest BCUT2D eigenvalue weighted by molar-refractivity contribution is 0.295. The third kappa shape index (κ3) is 9.78.